The van der Waals surface area contributed by atoms with Crippen molar-refractivity contribution in [1.29, 1.82) is 0 Å². The Morgan fingerprint density at radius 2 is 1.88 bits per heavy atom. The van der Waals surface area contributed by atoms with E-state index in [0.29, 0.717) is 5.75 Å². The van der Waals surface area contributed by atoms with Crippen LogP contribution in [0.25, 0.3) is 0 Å². The number of carbonyl (C=O) groups excluding carboxylic acids is 1. The molecule has 3 rings (SSSR count). The molecule has 0 aliphatic carbocycles. The monoisotopic (exact) mass is 350 g/mol. The van der Waals surface area contributed by atoms with Crippen LogP contribution in [0.2, 0.25) is 0 Å². The van der Waals surface area contributed by atoms with Gasteiger partial charge in [-0.1, -0.05) is 43.3 Å². The number of aromatic nitrogens is 2. The Labute approximate surface area is 153 Å². The molecule has 0 fully saturated rings. The van der Waals surface area contributed by atoms with Crippen LogP contribution in [-0.4, -0.2) is 15.7 Å². The van der Waals surface area contributed by atoms with Crippen LogP contribution < -0.4 is 4.74 Å². The van der Waals surface area contributed by atoms with E-state index in [0.717, 1.165) is 5.69 Å². The second kappa shape index (κ2) is 7.87. The fourth-order valence-electron chi connectivity index (χ4n) is 2.82. The van der Waals surface area contributed by atoms with Crippen LogP contribution >= 0.6 is 0 Å². The minimum Gasteiger partial charge on any atom is -0.412 e. The van der Waals surface area contributed by atoms with Gasteiger partial charge >= 0.3 is 6.16 Å². The summed E-state index contributed by atoms with van der Waals surface area (Å²) in [5, 5.41) is 0. The molecule has 0 saturated heterocycles. The summed E-state index contributed by atoms with van der Waals surface area (Å²) in [6, 6.07) is 15.1. The van der Waals surface area contributed by atoms with Crippen molar-refractivity contribution in [2.45, 2.75) is 33.4 Å². The highest BCUT2D eigenvalue weighted by Gasteiger charge is 2.15. The van der Waals surface area contributed by atoms with Gasteiger partial charge in [0.25, 0.3) is 0 Å². The second-order valence-electron chi connectivity index (χ2n) is 6.26. The molecular formula is C21H22N2O3. The first-order valence-corrected chi connectivity index (χ1v) is 8.52. The normalized spacial score (nSPS) is 11.8. The number of aryl methyl sites for hydroxylation is 1. The first kappa shape index (κ1) is 17.7. The predicted octanol–water partition coefficient (Wildman–Crippen LogP) is 4.82. The molecule has 3 aromatic rings. The number of imidazole rings is 1. The molecule has 5 heteroatoms. The number of para-hydroxylation sites is 1. The summed E-state index contributed by atoms with van der Waals surface area (Å²) in [7, 11) is 0. The van der Waals surface area contributed by atoms with Gasteiger partial charge in [-0.05, 0) is 42.7 Å². The van der Waals surface area contributed by atoms with E-state index in [1.807, 2.05) is 12.3 Å². The Bertz CT molecular complexity index is 887. The molecule has 0 amide bonds. The average molecular weight is 350 g/mol. The Morgan fingerprint density at radius 3 is 2.65 bits per heavy atom. The molecule has 5 nitrogen and oxygen atoms in total. The number of ether oxygens (including phenoxy) is 2. The summed E-state index contributed by atoms with van der Waals surface area (Å²) in [6.07, 6.45) is 2.81. The van der Waals surface area contributed by atoms with Crippen molar-refractivity contribution in [1.82, 2.24) is 9.55 Å². The van der Waals surface area contributed by atoms with Gasteiger partial charge < -0.3 is 14.0 Å². The molecule has 0 spiro atoms. The highest BCUT2D eigenvalue weighted by Crippen LogP contribution is 2.27. The number of rotatable bonds is 5. The van der Waals surface area contributed by atoms with Crippen molar-refractivity contribution < 1.29 is 14.3 Å². The average Bonchev–Trinajstić information content (AvgIpc) is 3.12. The molecule has 1 atom stereocenters. The SMILES string of the molecule is Cc1cccc([C@H](C)c2cn(COC(=O)Oc3ccccc3)cn2)c1C. The zero-order valence-electron chi connectivity index (χ0n) is 15.2. The van der Waals surface area contributed by atoms with E-state index >= 15 is 0 Å². The summed E-state index contributed by atoms with van der Waals surface area (Å²) < 4.78 is 12.0. The quantitative estimate of drug-likeness (QED) is 0.489. The first-order chi connectivity index (χ1) is 12.5. The lowest BCUT2D eigenvalue weighted by atomic mass is 9.92. The highest BCUT2D eigenvalue weighted by molar-refractivity contribution is 5.63. The van der Waals surface area contributed by atoms with Crippen LogP contribution in [0.3, 0.4) is 0 Å². The summed E-state index contributed by atoms with van der Waals surface area (Å²) in [6.45, 7) is 6.41. The van der Waals surface area contributed by atoms with Crippen molar-refractivity contribution in [3.63, 3.8) is 0 Å². The minimum atomic E-state index is -0.742. The van der Waals surface area contributed by atoms with E-state index in [1.54, 1.807) is 35.2 Å². The molecule has 0 saturated carbocycles. The van der Waals surface area contributed by atoms with Crippen LogP contribution in [0.4, 0.5) is 4.79 Å². The summed E-state index contributed by atoms with van der Waals surface area (Å²) in [5.74, 6) is 0.611. The minimum absolute atomic E-state index is 0.0538. The fourth-order valence-corrected chi connectivity index (χ4v) is 2.82. The van der Waals surface area contributed by atoms with Crippen molar-refractivity contribution in [3.8, 4) is 5.75 Å². The first-order valence-electron chi connectivity index (χ1n) is 8.52. The lowest BCUT2D eigenvalue weighted by molar-refractivity contribution is 0.0716. The van der Waals surface area contributed by atoms with E-state index in [9.17, 15) is 4.79 Å². The lowest BCUT2D eigenvalue weighted by Gasteiger charge is -2.14. The molecule has 0 unspecified atom stereocenters. The van der Waals surface area contributed by atoms with E-state index in [-0.39, 0.29) is 12.6 Å². The van der Waals surface area contributed by atoms with Gasteiger partial charge in [0.2, 0.25) is 0 Å². The van der Waals surface area contributed by atoms with Crippen molar-refractivity contribution in [3.05, 3.63) is 83.4 Å². The van der Waals surface area contributed by atoms with Gasteiger partial charge in [0.1, 0.15) is 5.75 Å². The van der Waals surface area contributed by atoms with Gasteiger partial charge in [-0.2, -0.15) is 0 Å². The second-order valence-corrected chi connectivity index (χ2v) is 6.26. The van der Waals surface area contributed by atoms with Crippen LogP contribution in [0.1, 0.15) is 35.2 Å². The molecule has 134 valence electrons. The molecule has 0 bridgehead atoms. The third-order valence-corrected chi connectivity index (χ3v) is 4.49. The van der Waals surface area contributed by atoms with Crippen molar-refractivity contribution in [2.75, 3.05) is 0 Å². The van der Waals surface area contributed by atoms with Crippen molar-refractivity contribution >= 4 is 6.16 Å². The standard InChI is InChI=1S/C21H22N2O3/c1-15-8-7-11-19(16(15)2)17(3)20-12-23(13-22-20)14-25-21(24)26-18-9-5-4-6-10-18/h4-13,17H,14H2,1-3H3/t17-/m0/s1. The smallest absolute Gasteiger partial charge is 0.412 e. The van der Waals surface area contributed by atoms with Gasteiger partial charge in [0, 0.05) is 12.1 Å². The molecule has 2 aromatic carbocycles. The van der Waals surface area contributed by atoms with Crippen LogP contribution in [0.5, 0.6) is 5.75 Å². The summed E-state index contributed by atoms with van der Waals surface area (Å²) in [4.78, 5) is 16.2. The molecule has 0 N–H and O–H groups in total. The molecule has 26 heavy (non-hydrogen) atoms. The van der Waals surface area contributed by atoms with Gasteiger partial charge in [-0.15, -0.1) is 0 Å². The maximum atomic E-state index is 11.8. The van der Waals surface area contributed by atoms with E-state index in [4.69, 9.17) is 9.47 Å². The fraction of sp³-hybridized carbons (Fsp3) is 0.238. The number of nitrogens with zero attached hydrogens (tertiary/aromatic N) is 2. The highest BCUT2D eigenvalue weighted by atomic mass is 16.7. The molecule has 0 aliphatic heterocycles. The molecule has 0 aliphatic rings. The third kappa shape index (κ3) is 4.11. The predicted molar refractivity (Wildman–Crippen MR) is 99.2 cm³/mol. The van der Waals surface area contributed by atoms with Crippen LogP contribution in [-0.2, 0) is 11.5 Å². The number of carbonyl (C=O) groups is 1. The van der Waals surface area contributed by atoms with Crippen LogP contribution in [0, 0.1) is 13.8 Å². The molecule has 0 radical (unpaired) electrons. The third-order valence-electron chi connectivity index (χ3n) is 4.49. The molecule has 1 aromatic heterocycles. The Hall–Kier alpha value is -3.08. The van der Waals surface area contributed by atoms with Gasteiger partial charge in [-0.3, -0.25) is 0 Å². The zero-order chi connectivity index (χ0) is 18.5. The van der Waals surface area contributed by atoms with E-state index < -0.39 is 6.16 Å². The number of hydrogen-bond acceptors (Lipinski definition) is 4. The molecule has 1 heterocycles. The van der Waals surface area contributed by atoms with Gasteiger partial charge in [0.15, 0.2) is 6.73 Å². The van der Waals surface area contributed by atoms with E-state index in [2.05, 4.69) is 44.0 Å². The zero-order valence-corrected chi connectivity index (χ0v) is 15.2. The Kier molecular flexibility index (Phi) is 5.37. The maximum absolute atomic E-state index is 11.8. The number of hydrogen-bond donors (Lipinski definition) is 0. The summed E-state index contributed by atoms with van der Waals surface area (Å²) in [5.41, 5.74) is 4.72. The van der Waals surface area contributed by atoms with Crippen molar-refractivity contribution in [2.24, 2.45) is 0 Å². The topological polar surface area (TPSA) is 53.4 Å². The molecular weight excluding hydrogens is 328 g/mol. The lowest BCUT2D eigenvalue weighted by Crippen LogP contribution is -2.12. The Balaban J connectivity index is 1.61. The number of benzene rings is 2. The van der Waals surface area contributed by atoms with Crippen LogP contribution in [0.15, 0.2) is 61.1 Å². The Morgan fingerprint density at radius 1 is 1.12 bits per heavy atom. The maximum Gasteiger partial charge on any atom is 0.515 e. The van der Waals surface area contributed by atoms with E-state index in [1.165, 1.54) is 16.7 Å². The summed E-state index contributed by atoms with van der Waals surface area (Å²) >= 11 is 0. The van der Waals surface area contributed by atoms with Gasteiger partial charge in [0.05, 0.1) is 12.0 Å². The largest absolute Gasteiger partial charge is 0.515 e. The van der Waals surface area contributed by atoms with Gasteiger partial charge in [-0.25, -0.2) is 9.78 Å².